The number of nitrogens with one attached hydrogen (secondary N) is 2. The normalized spacial score (nSPS) is 13.5. The van der Waals surface area contributed by atoms with Crippen LogP contribution in [0.3, 0.4) is 0 Å². The van der Waals surface area contributed by atoms with Crippen molar-refractivity contribution in [1.29, 1.82) is 0 Å². The van der Waals surface area contributed by atoms with Crippen LogP contribution in [-0.4, -0.2) is 65.7 Å². The number of pyridine rings is 2. The van der Waals surface area contributed by atoms with Crippen molar-refractivity contribution in [3.05, 3.63) is 54.6 Å². The number of nitrogens with zero attached hydrogens (tertiary/aromatic N) is 4. The van der Waals surface area contributed by atoms with Gasteiger partial charge in [-0.15, -0.1) is 0 Å². The summed E-state index contributed by atoms with van der Waals surface area (Å²) >= 11 is 0. The lowest BCUT2D eigenvalue weighted by molar-refractivity contribution is -0.153. The first kappa shape index (κ1) is 27.0. The predicted molar refractivity (Wildman–Crippen MR) is 137 cm³/mol. The minimum Gasteiger partial charge on any atom is -0.493 e. The number of carbonyl (C=O) groups is 1. The molecule has 0 aliphatic carbocycles. The highest BCUT2D eigenvalue weighted by Gasteiger charge is 2.31. The molecular formula is C26H25F3N6O5. The van der Waals surface area contributed by atoms with Gasteiger partial charge in [-0.05, 0) is 24.3 Å². The van der Waals surface area contributed by atoms with Gasteiger partial charge in [0.05, 0.1) is 32.1 Å². The molecule has 1 aliphatic rings. The van der Waals surface area contributed by atoms with Crippen molar-refractivity contribution in [1.82, 2.24) is 25.1 Å². The van der Waals surface area contributed by atoms with Crippen molar-refractivity contribution < 1.29 is 36.9 Å². The molecule has 0 saturated carbocycles. The first-order valence-corrected chi connectivity index (χ1v) is 12.2. The fourth-order valence-corrected chi connectivity index (χ4v) is 4.01. The predicted octanol–water partition coefficient (Wildman–Crippen LogP) is 4.05. The first-order valence-electron chi connectivity index (χ1n) is 12.2. The van der Waals surface area contributed by atoms with E-state index in [0.29, 0.717) is 40.4 Å². The van der Waals surface area contributed by atoms with Gasteiger partial charge in [0.15, 0.2) is 29.5 Å². The van der Waals surface area contributed by atoms with Gasteiger partial charge in [-0.3, -0.25) is 14.5 Å². The smallest absolute Gasteiger partial charge is 0.422 e. The topological polar surface area (TPSA) is 122 Å². The molecule has 1 amide bonds. The zero-order chi connectivity index (χ0) is 28.3. The quantitative estimate of drug-likeness (QED) is 0.297. The van der Waals surface area contributed by atoms with Crippen LogP contribution in [0.5, 0.6) is 28.7 Å². The van der Waals surface area contributed by atoms with E-state index < -0.39 is 18.7 Å². The highest BCUT2D eigenvalue weighted by molar-refractivity contribution is 6.04. The molecule has 40 heavy (non-hydrogen) atoms. The van der Waals surface area contributed by atoms with E-state index in [1.807, 2.05) is 0 Å². The fraction of sp³-hybridized carbons (Fsp3) is 0.308. The molecule has 0 radical (unpaired) electrons. The number of ether oxygens (including phenoxy) is 4. The molecule has 1 aliphatic heterocycles. The Balaban J connectivity index is 1.31. The van der Waals surface area contributed by atoms with Crippen LogP contribution in [0.4, 0.5) is 19.0 Å². The largest absolute Gasteiger partial charge is 0.493 e. The minimum atomic E-state index is -4.57. The molecule has 1 aromatic carbocycles. The number of anilines is 1. The van der Waals surface area contributed by atoms with Crippen LogP contribution in [-0.2, 0) is 6.54 Å². The molecule has 1 saturated heterocycles. The van der Waals surface area contributed by atoms with Gasteiger partial charge in [0.25, 0.3) is 5.91 Å². The van der Waals surface area contributed by atoms with E-state index in [9.17, 15) is 18.0 Å². The number of methoxy groups -OCH3 is 2. The summed E-state index contributed by atoms with van der Waals surface area (Å²) in [6, 6.07) is 8.24. The average Bonchev–Trinajstić information content (AvgIpc) is 3.33. The molecule has 0 spiro atoms. The highest BCUT2D eigenvalue weighted by atomic mass is 19.4. The van der Waals surface area contributed by atoms with Gasteiger partial charge >= 0.3 is 6.18 Å². The van der Waals surface area contributed by atoms with Crippen molar-refractivity contribution in [3.8, 4) is 28.7 Å². The molecule has 4 heterocycles. The molecule has 0 atom stereocenters. The molecular weight excluding hydrogens is 533 g/mol. The summed E-state index contributed by atoms with van der Waals surface area (Å²) in [5.74, 6) is 1.27. The summed E-state index contributed by atoms with van der Waals surface area (Å²) in [5, 5.41) is 10.5. The maximum absolute atomic E-state index is 12.9. The Kier molecular flexibility index (Phi) is 7.60. The van der Waals surface area contributed by atoms with Crippen LogP contribution in [0.1, 0.15) is 10.5 Å². The Morgan fingerprint density at radius 3 is 2.50 bits per heavy atom. The van der Waals surface area contributed by atoms with Crippen LogP contribution in [0.2, 0.25) is 0 Å². The van der Waals surface area contributed by atoms with Gasteiger partial charge in [-0.2, -0.15) is 18.3 Å². The SMILES string of the molecule is COc1cc2nccc(Oc3ccc(NC(=O)c4nn(CC5CNC5)cc4OCC(F)(F)F)nc3)c2cc1OC. The van der Waals surface area contributed by atoms with E-state index in [-0.39, 0.29) is 23.2 Å². The van der Waals surface area contributed by atoms with Crippen LogP contribution >= 0.6 is 0 Å². The molecule has 2 N–H and O–H groups in total. The van der Waals surface area contributed by atoms with Gasteiger partial charge < -0.3 is 29.6 Å². The first-order chi connectivity index (χ1) is 19.2. The third-order valence-electron chi connectivity index (χ3n) is 6.06. The van der Waals surface area contributed by atoms with E-state index in [1.54, 1.807) is 30.5 Å². The van der Waals surface area contributed by atoms with Crippen molar-refractivity contribution >= 4 is 22.6 Å². The summed E-state index contributed by atoms with van der Waals surface area (Å²) in [6.07, 6.45) is -0.286. The lowest BCUT2D eigenvalue weighted by atomic mass is 10.0. The fourth-order valence-electron chi connectivity index (χ4n) is 4.01. The van der Waals surface area contributed by atoms with Gasteiger partial charge in [0.1, 0.15) is 17.3 Å². The third kappa shape index (κ3) is 6.17. The van der Waals surface area contributed by atoms with Crippen LogP contribution < -0.4 is 29.6 Å². The Labute approximate surface area is 226 Å². The van der Waals surface area contributed by atoms with E-state index in [2.05, 4.69) is 25.7 Å². The van der Waals surface area contributed by atoms with E-state index >= 15 is 0 Å². The van der Waals surface area contributed by atoms with Crippen molar-refractivity contribution in [3.63, 3.8) is 0 Å². The minimum absolute atomic E-state index is 0.142. The van der Waals surface area contributed by atoms with Gasteiger partial charge in [0, 0.05) is 43.2 Å². The van der Waals surface area contributed by atoms with Crippen molar-refractivity contribution in [2.45, 2.75) is 12.7 Å². The number of amides is 1. The van der Waals surface area contributed by atoms with Crippen molar-refractivity contribution in [2.75, 3.05) is 39.2 Å². The molecule has 4 aromatic rings. The Morgan fingerprint density at radius 1 is 1.07 bits per heavy atom. The summed E-state index contributed by atoms with van der Waals surface area (Å²) in [7, 11) is 3.06. The number of hydrogen-bond donors (Lipinski definition) is 2. The second-order valence-corrected chi connectivity index (χ2v) is 8.96. The number of fused-ring (bicyclic) bond motifs is 1. The number of carbonyl (C=O) groups excluding carboxylic acids is 1. The average molecular weight is 559 g/mol. The molecule has 1 fully saturated rings. The van der Waals surface area contributed by atoms with Crippen LogP contribution in [0.15, 0.2) is 48.9 Å². The second kappa shape index (κ2) is 11.3. The van der Waals surface area contributed by atoms with E-state index in [1.165, 1.54) is 37.4 Å². The lowest BCUT2D eigenvalue weighted by Gasteiger charge is -2.26. The number of hydrogen-bond acceptors (Lipinski definition) is 9. The highest BCUT2D eigenvalue weighted by Crippen LogP contribution is 2.37. The number of benzene rings is 1. The Morgan fingerprint density at radius 2 is 1.85 bits per heavy atom. The maximum Gasteiger partial charge on any atom is 0.422 e. The molecule has 14 heteroatoms. The zero-order valence-corrected chi connectivity index (χ0v) is 21.5. The summed E-state index contributed by atoms with van der Waals surface area (Å²) in [4.78, 5) is 21.4. The zero-order valence-electron chi connectivity index (χ0n) is 21.5. The number of aromatic nitrogens is 4. The summed E-state index contributed by atoms with van der Waals surface area (Å²) in [5.41, 5.74) is 0.356. The second-order valence-electron chi connectivity index (χ2n) is 8.96. The van der Waals surface area contributed by atoms with E-state index in [0.717, 1.165) is 13.1 Å². The standard InChI is InChI=1S/C26H25F3N6O5/c1-37-20-7-17-18(8-21(20)38-2)31-6-5-19(17)40-16-3-4-23(32-11-16)33-25(36)24-22(39-14-26(27,28)29)13-35(34-24)12-15-9-30-10-15/h3-8,11,13,15,30H,9-10,12,14H2,1-2H3,(H,32,33,36). The molecule has 0 bridgehead atoms. The van der Waals surface area contributed by atoms with Crippen LogP contribution in [0.25, 0.3) is 10.9 Å². The monoisotopic (exact) mass is 558 g/mol. The number of rotatable bonds is 10. The lowest BCUT2D eigenvalue weighted by Crippen LogP contribution is -2.44. The number of alkyl halides is 3. The summed E-state index contributed by atoms with van der Waals surface area (Å²) in [6.45, 7) is 0.414. The van der Waals surface area contributed by atoms with Gasteiger partial charge in [-0.1, -0.05) is 0 Å². The molecule has 210 valence electrons. The third-order valence-corrected chi connectivity index (χ3v) is 6.06. The van der Waals surface area contributed by atoms with Crippen molar-refractivity contribution in [2.24, 2.45) is 5.92 Å². The molecule has 5 rings (SSSR count). The Hall–Kier alpha value is -4.59. The summed E-state index contributed by atoms with van der Waals surface area (Å²) < 4.78 is 61.2. The molecule has 0 unspecified atom stereocenters. The van der Waals surface area contributed by atoms with Crippen LogP contribution in [0, 0.1) is 5.92 Å². The maximum atomic E-state index is 12.9. The van der Waals surface area contributed by atoms with Gasteiger partial charge in [-0.25, -0.2) is 4.98 Å². The molecule has 11 nitrogen and oxygen atoms in total. The number of halogens is 3. The Bertz CT molecular complexity index is 1510. The van der Waals surface area contributed by atoms with E-state index in [4.69, 9.17) is 18.9 Å². The van der Waals surface area contributed by atoms with Gasteiger partial charge in [0.2, 0.25) is 0 Å². The molecule has 3 aromatic heterocycles.